The molecule has 1 aliphatic heterocycles. The van der Waals surface area contributed by atoms with Crippen molar-refractivity contribution in [3.8, 4) is 5.75 Å². The van der Waals surface area contributed by atoms with E-state index in [-0.39, 0.29) is 11.8 Å². The molecule has 8 heteroatoms. The fourth-order valence-electron chi connectivity index (χ4n) is 3.15. The van der Waals surface area contributed by atoms with Crippen LogP contribution in [0.2, 0.25) is 0 Å². The summed E-state index contributed by atoms with van der Waals surface area (Å²) in [6, 6.07) is 5.33. The fraction of sp³-hybridized carbons (Fsp3) is 0.316. The Kier molecular flexibility index (Phi) is 4.84. The van der Waals surface area contributed by atoms with Crippen LogP contribution in [0.25, 0.3) is 10.1 Å². The molecule has 1 aliphatic rings. The van der Waals surface area contributed by atoms with Crippen molar-refractivity contribution in [2.75, 3.05) is 6.54 Å². The maximum Gasteiger partial charge on any atom is 0.253 e. The number of amides is 2. The number of aryl methyl sites for hydroxylation is 2. The number of benzene rings is 1. The quantitative estimate of drug-likeness (QED) is 0.688. The molecule has 4 rings (SSSR count). The first kappa shape index (κ1) is 17.9. The SMILES string of the molecule is Cc1ncsc1COc1ccc2sc(C)c(C(=O)NC3CCNC3=O)c2c1. The van der Waals surface area contributed by atoms with Crippen LogP contribution in [0.15, 0.2) is 23.7 Å². The van der Waals surface area contributed by atoms with Gasteiger partial charge in [-0.05, 0) is 38.5 Å². The molecular formula is C19H19N3O3S2. The number of nitrogens with one attached hydrogen (secondary N) is 2. The third kappa shape index (κ3) is 3.54. The Morgan fingerprint density at radius 3 is 2.96 bits per heavy atom. The molecule has 1 unspecified atom stereocenters. The molecule has 2 aromatic heterocycles. The van der Waals surface area contributed by atoms with Gasteiger partial charge in [0.1, 0.15) is 18.4 Å². The van der Waals surface area contributed by atoms with E-state index in [4.69, 9.17) is 4.74 Å². The second-order valence-corrected chi connectivity index (χ2v) is 8.64. The molecule has 0 aliphatic carbocycles. The van der Waals surface area contributed by atoms with Gasteiger partial charge in [-0.1, -0.05) is 0 Å². The first-order valence-corrected chi connectivity index (χ1v) is 10.4. The summed E-state index contributed by atoms with van der Waals surface area (Å²) in [6.07, 6.45) is 0.619. The van der Waals surface area contributed by atoms with E-state index in [1.807, 2.05) is 32.0 Å². The molecule has 0 radical (unpaired) electrons. The van der Waals surface area contributed by atoms with E-state index >= 15 is 0 Å². The normalized spacial score (nSPS) is 16.5. The first-order valence-electron chi connectivity index (χ1n) is 8.66. The van der Waals surface area contributed by atoms with Gasteiger partial charge in [-0.3, -0.25) is 9.59 Å². The number of aromatic nitrogens is 1. The van der Waals surface area contributed by atoms with E-state index in [0.717, 1.165) is 25.5 Å². The van der Waals surface area contributed by atoms with Gasteiger partial charge in [0.15, 0.2) is 0 Å². The summed E-state index contributed by atoms with van der Waals surface area (Å²) >= 11 is 3.13. The number of nitrogens with zero attached hydrogens (tertiary/aromatic N) is 1. The monoisotopic (exact) mass is 401 g/mol. The van der Waals surface area contributed by atoms with Crippen LogP contribution < -0.4 is 15.4 Å². The Morgan fingerprint density at radius 2 is 2.26 bits per heavy atom. The molecule has 1 aromatic carbocycles. The van der Waals surface area contributed by atoms with Crippen LogP contribution in [0.5, 0.6) is 5.75 Å². The zero-order valence-corrected chi connectivity index (χ0v) is 16.6. The lowest BCUT2D eigenvalue weighted by molar-refractivity contribution is -0.120. The van der Waals surface area contributed by atoms with E-state index in [1.54, 1.807) is 28.2 Å². The minimum atomic E-state index is -0.458. The summed E-state index contributed by atoms with van der Waals surface area (Å²) in [5.41, 5.74) is 3.40. The van der Waals surface area contributed by atoms with Gasteiger partial charge >= 0.3 is 0 Å². The van der Waals surface area contributed by atoms with Crippen LogP contribution in [0.3, 0.4) is 0 Å². The molecule has 1 fully saturated rings. The molecule has 140 valence electrons. The summed E-state index contributed by atoms with van der Waals surface area (Å²) in [5.74, 6) is 0.376. The van der Waals surface area contributed by atoms with Gasteiger partial charge in [-0.15, -0.1) is 22.7 Å². The molecule has 3 heterocycles. The van der Waals surface area contributed by atoms with E-state index < -0.39 is 6.04 Å². The molecule has 1 saturated heterocycles. The highest BCUT2D eigenvalue weighted by Gasteiger charge is 2.27. The summed E-state index contributed by atoms with van der Waals surface area (Å²) in [5, 5.41) is 6.45. The van der Waals surface area contributed by atoms with Crippen molar-refractivity contribution >= 4 is 44.6 Å². The average Bonchev–Trinajstić information content (AvgIpc) is 3.31. The molecule has 0 saturated carbocycles. The van der Waals surface area contributed by atoms with Crippen LogP contribution >= 0.6 is 22.7 Å². The Morgan fingerprint density at radius 1 is 1.41 bits per heavy atom. The highest BCUT2D eigenvalue weighted by Crippen LogP contribution is 2.34. The largest absolute Gasteiger partial charge is 0.488 e. The molecule has 27 heavy (non-hydrogen) atoms. The molecule has 3 aromatic rings. The van der Waals surface area contributed by atoms with Gasteiger partial charge in [-0.2, -0.15) is 0 Å². The Balaban J connectivity index is 1.58. The highest BCUT2D eigenvalue weighted by atomic mass is 32.1. The van der Waals surface area contributed by atoms with Crippen LogP contribution in [0, 0.1) is 13.8 Å². The van der Waals surface area contributed by atoms with Gasteiger partial charge in [0, 0.05) is 21.5 Å². The lowest BCUT2D eigenvalue weighted by Crippen LogP contribution is -2.40. The lowest BCUT2D eigenvalue weighted by atomic mass is 10.1. The zero-order chi connectivity index (χ0) is 19.0. The predicted molar refractivity (Wildman–Crippen MR) is 107 cm³/mol. The summed E-state index contributed by atoms with van der Waals surface area (Å²) < 4.78 is 6.94. The van der Waals surface area contributed by atoms with Gasteiger partial charge in [-0.25, -0.2) is 4.98 Å². The Bertz CT molecular complexity index is 1020. The number of hydrogen-bond acceptors (Lipinski definition) is 6. The minimum absolute atomic E-state index is 0.121. The standard InChI is InChI=1S/C19H19N3O3S2/c1-10-16(26-9-21-10)8-25-12-3-4-15-13(7-12)17(11(2)27-15)19(24)22-14-5-6-20-18(14)23/h3-4,7,9,14H,5-6,8H2,1-2H3,(H,20,23)(H,22,24). The number of carbonyl (C=O) groups is 2. The third-order valence-corrected chi connectivity index (χ3v) is 6.63. The molecular weight excluding hydrogens is 382 g/mol. The van der Waals surface area contributed by atoms with Gasteiger partial charge in [0.2, 0.25) is 5.91 Å². The van der Waals surface area contributed by atoms with E-state index in [9.17, 15) is 9.59 Å². The molecule has 6 nitrogen and oxygen atoms in total. The van der Waals surface area contributed by atoms with Crippen LogP contribution in [-0.2, 0) is 11.4 Å². The second kappa shape index (κ2) is 7.28. The number of rotatable bonds is 5. The maximum absolute atomic E-state index is 12.8. The van der Waals surface area contributed by atoms with Crippen molar-refractivity contribution in [1.82, 2.24) is 15.6 Å². The molecule has 2 amide bonds. The number of thiophene rings is 1. The molecule has 0 spiro atoms. The van der Waals surface area contributed by atoms with Crippen molar-refractivity contribution in [3.05, 3.63) is 44.7 Å². The van der Waals surface area contributed by atoms with Crippen molar-refractivity contribution in [2.45, 2.75) is 32.9 Å². The molecule has 0 bridgehead atoms. The topological polar surface area (TPSA) is 80.3 Å². The number of fused-ring (bicyclic) bond motifs is 1. The van der Waals surface area contributed by atoms with E-state index in [1.165, 1.54) is 0 Å². The highest BCUT2D eigenvalue weighted by molar-refractivity contribution is 7.19. The average molecular weight is 402 g/mol. The van der Waals surface area contributed by atoms with E-state index in [0.29, 0.717) is 30.9 Å². The minimum Gasteiger partial charge on any atom is -0.488 e. The fourth-order valence-corrected chi connectivity index (χ4v) is 4.88. The number of hydrogen-bond donors (Lipinski definition) is 2. The third-order valence-electron chi connectivity index (χ3n) is 4.63. The lowest BCUT2D eigenvalue weighted by Gasteiger charge is -2.10. The summed E-state index contributed by atoms with van der Waals surface area (Å²) in [6.45, 7) is 4.94. The van der Waals surface area contributed by atoms with Crippen molar-refractivity contribution in [2.24, 2.45) is 0 Å². The summed E-state index contributed by atoms with van der Waals surface area (Å²) in [4.78, 5) is 30.8. The van der Waals surface area contributed by atoms with Gasteiger partial charge in [0.05, 0.1) is 21.6 Å². The predicted octanol–water partition coefficient (Wildman–Crippen LogP) is 3.17. The zero-order valence-electron chi connectivity index (χ0n) is 15.0. The van der Waals surface area contributed by atoms with Crippen LogP contribution in [-0.4, -0.2) is 29.4 Å². The Labute approximate surface area is 164 Å². The number of ether oxygens (including phenoxy) is 1. The summed E-state index contributed by atoms with van der Waals surface area (Å²) in [7, 11) is 0. The van der Waals surface area contributed by atoms with Crippen LogP contribution in [0.1, 0.15) is 32.2 Å². The smallest absolute Gasteiger partial charge is 0.253 e. The number of carbonyl (C=O) groups excluding carboxylic acids is 2. The van der Waals surface area contributed by atoms with Crippen molar-refractivity contribution < 1.29 is 14.3 Å². The van der Waals surface area contributed by atoms with E-state index in [2.05, 4.69) is 15.6 Å². The van der Waals surface area contributed by atoms with Gasteiger partial charge < -0.3 is 15.4 Å². The van der Waals surface area contributed by atoms with Crippen molar-refractivity contribution in [1.29, 1.82) is 0 Å². The second-order valence-electron chi connectivity index (χ2n) is 6.45. The van der Waals surface area contributed by atoms with Gasteiger partial charge in [0.25, 0.3) is 5.91 Å². The molecule has 2 N–H and O–H groups in total. The Hall–Kier alpha value is -2.45. The first-order chi connectivity index (χ1) is 13.0. The number of thiazole rings is 1. The maximum atomic E-state index is 12.8. The molecule has 1 atom stereocenters. The van der Waals surface area contributed by atoms with Crippen molar-refractivity contribution in [3.63, 3.8) is 0 Å². The van der Waals surface area contributed by atoms with Crippen LogP contribution in [0.4, 0.5) is 0 Å².